The topological polar surface area (TPSA) is 36.4 Å². The monoisotopic (exact) mass is 231 g/mol. The molecule has 2 aliphatic rings. The molecule has 17 heavy (non-hydrogen) atoms. The van der Waals surface area contributed by atoms with Gasteiger partial charge in [0.1, 0.15) is 0 Å². The quantitative estimate of drug-likeness (QED) is 0.716. The van der Waals surface area contributed by atoms with E-state index in [2.05, 4.69) is 16.9 Å². The molecular formula is C13H17N3O. The van der Waals surface area contributed by atoms with Crippen LogP contribution in [0.25, 0.3) is 0 Å². The van der Waals surface area contributed by atoms with Gasteiger partial charge in [0, 0.05) is 44.0 Å². The van der Waals surface area contributed by atoms with Crippen molar-refractivity contribution in [1.82, 2.24) is 14.8 Å². The van der Waals surface area contributed by atoms with E-state index in [4.69, 9.17) is 0 Å². The van der Waals surface area contributed by atoms with Crippen molar-refractivity contribution in [3.05, 3.63) is 29.6 Å². The van der Waals surface area contributed by atoms with E-state index in [1.807, 2.05) is 17.9 Å². The van der Waals surface area contributed by atoms with E-state index < -0.39 is 0 Å². The second-order valence-corrected chi connectivity index (χ2v) is 5.52. The number of aryl methyl sites for hydroxylation is 1. The molecule has 4 nitrogen and oxygen atoms in total. The summed E-state index contributed by atoms with van der Waals surface area (Å²) in [5.74, 6) is 0.135. The molecule has 0 aliphatic carbocycles. The predicted octanol–water partition coefficient (Wildman–Crippen LogP) is 0.778. The molecule has 0 bridgehead atoms. The van der Waals surface area contributed by atoms with Gasteiger partial charge in [0.2, 0.25) is 0 Å². The van der Waals surface area contributed by atoms with Crippen LogP contribution in [0.4, 0.5) is 0 Å². The summed E-state index contributed by atoms with van der Waals surface area (Å²) in [6.45, 7) is 6.03. The maximum absolute atomic E-state index is 12.2. The molecule has 1 amide bonds. The summed E-state index contributed by atoms with van der Waals surface area (Å²) in [4.78, 5) is 20.5. The van der Waals surface area contributed by atoms with E-state index in [0.717, 1.165) is 37.3 Å². The minimum Gasteiger partial charge on any atom is -0.337 e. The largest absolute Gasteiger partial charge is 0.337 e. The van der Waals surface area contributed by atoms with Gasteiger partial charge in [0.05, 0.1) is 5.56 Å². The zero-order valence-electron chi connectivity index (χ0n) is 10.3. The second-order valence-electron chi connectivity index (χ2n) is 5.52. The lowest BCUT2D eigenvalue weighted by atomic mass is 9.73. The SMILES string of the molecule is Cc1ccncc1C(=O)N1CC2(CN(C)C2)C1. The number of hydrogen-bond donors (Lipinski definition) is 0. The molecule has 0 radical (unpaired) electrons. The Labute approximate surface area is 101 Å². The van der Waals surface area contributed by atoms with Crippen molar-refractivity contribution < 1.29 is 4.79 Å². The van der Waals surface area contributed by atoms with Crippen molar-refractivity contribution in [3.8, 4) is 0 Å². The fraction of sp³-hybridized carbons (Fsp3) is 0.538. The zero-order valence-corrected chi connectivity index (χ0v) is 10.3. The number of hydrogen-bond acceptors (Lipinski definition) is 3. The summed E-state index contributed by atoms with van der Waals surface area (Å²) >= 11 is 0. The second kappa shape index (κ2) is 3.53. The Kier molecular flexibility index (Phi) is 2.23. The van der Waals surface area contributed by atoms with Crippen LogP contribution in [-0.2, 0) is 0 Å². The Morgan fingerprint density at radius 1 is 1.35 bits per heavy atom. The van der Waals surface area contributed by atoms with Gasteiger partial charge in [-0.05, 0) is 25.6 Å². The lowest BCUT2D eigenvalue weighted by Gasteiger charge is -2.59. The Balaban J connectivity index is 1.68. The first kappa shape index (κ1) is 10.7. The maximum atomic E-state index is 12.2. The molecular weight excluding hydrogens is 214 g/mol. The van der Waals surface area contributed by atoms with Gasteiger partial charge in [-0.25, -0.2) is 0 Å². The molecule has 2 aliphatic heterocycles. The van der Waals surface area contributed by atoms with Gasteiger partial charge >= 0.3 is 0 Å². The minimum absolute atomic E-state index is 0.135. The van der Waals surface area contributed by atoms with Crippen LogP contribution in [0, 0.1) is 12.3 Å². The van der Waals surface area contributed by atoms with Crippen molar-refractivity contribution in [3.63, 3.8) is 0 Å². The molecule has 0 unspecified atom stereocenters. The smallest absolute Gasteiger partial charge is 0.255 e. The highest BCUT2D eigenvalue weighted by Crippen LogP contribution is 2.39. The van der Waals surface area contributed by atoms with Crippen LogP contribution in [0.15, 0.2) is 18.5 Å². The maximum Gasteiger partial charge on any atom is 0.255 e. The van der Waals surface area contributed by atoms with Crippen LogP contribution in [-0.4, -0.2) is 53.9 Å². The van der Waals surface area contributed by atoms with Gasteiger partial charge in [-0.3, -0.25) is 9.78 Å². The van der Waals surface area contributed by atoms with Gasteiger partial charge in [-0.2, -0.15) is 0 Å². The Morgan fingerprint density at radius 3 is 2.65 bits per heavy atom. The van der Waals surface area contributed by atoms with E-state index in [0.29, 0.717) is 5.41 Å². The molecule has 1 aromatic rings. The van der Waals surface area contributed by atoms with E-state index in [1.165, 1.54) is 0 Å². The van der Waals surface area contributed by atoms with Gasteiger partial charge < -0.3 is 9.80 Å². The van der Waals surface area contributed by atoms with Gasteiger partial charge in [0.15, 0.2) is 0 Å². The Morgan fingerprint density at radius 2 is 2.06 bits per heavy atom. The van der Waals surface area contributed by atoms with Crippen molar-refractivity contribution in [1.29, 1.82) is 0 Å². The first-order valence-corrected chi connectivity index (χ1v) is 5.98. The fourth-order valence-electron chi connectivity index (χ4n) is 3.06. The van der Waals surface area contributed by atoms with Crippen LogP contribution < -0.4 is 0 Å². The predicted molar refractivity (Wildman–Crippen MR) is 64.8 cm³/mol. The Hall–Kier alpha value is -1.42. The molecule has 1 aromatic heterocycles. The molecule has 4 heteroatoms. The third-order valence-electron chi connectivity index (χ3n) is 3.82. The fourth-order valence-corrected chi connectivity index (χ4v) is 3.06. The summed E-state index contributed by atoms with van der Waals surface area (Å²) in [5, 5.41) is 0. The third-order valence-corrected chi connectivity index (χ3v) is 3.82. The number of nitrogens with zero attached hydrogens (tertiary/aromatic N) is 3. The van der Waals surface area contributed by atoms with Crippen molar-refractivity contribution in [2.24, 2.45) is 5.41 Å². The van der Waals surface area contributed by atoms with Gasteiger partial charge in [-0.15, -0.1) is 0 Å². The van der Waals surface area contributed by atoms with Crippen LogP contribution in [0.5, 0.6) is 0 Å². The summed E-state index contributed by atoms with van der Waals surface area (Å²) in [6, 6.07) is 1.89. The number of carbonyl (C=O) groups is 1. The van der Waals surface area contributed by atoms with E-state index in [9.17, 15) is 4.79 Å². The highest BCUT2D eigenvalue weighted by atomic mass is 16.2. The number of carbonyl (C=O) groups excluding carboxylic acids is 1. The number of pyridine rings is 1. The summed E-state index contributed by atoms with van der Waals surface area (Å²) in [5.41, 5.74) is 2.16. The molecule has 0 saturated carbocycles. The molecule has 0 aromatic carbocycles. The molecule has 2 saturated heterocycles. The van der Waals surface area contributed by atoms with Crippen LogP contribution >= 0.6 is 0 Å². The lowest BCUT2D eigenvalue weighted by molar-refractivity contribution is -0.0872. The van der Waals surface area contributed by atoms with Crippen molar-refractivity contribution >= 4 is 5.91 Å². The number of rotatable bonds is 1. The Bertz CT molecular complexity index is 457. The van der Waals surface area contributed by atoms with E-state index in [1.54, 1.807) is 12.4 Å². The average molecular weight is 231 g/mol. The minimum atomic E-state index is 0.135. The summed E-state index contributed by atoms with van der Waals surface area (Å²) < 4.78 is 0. The molecule has 3 rings (SSSR count). The standard InChI is InChI=1S/C13H17N3O/c1-10-3-4-14-5-11(10)12(17)16-8-13(9-16)6-15(2)7-13/h3-5H,6-9H2,1-2H3. The van der Waals surface area contributed by atoms with Gasteiger partial charge in [-0.1, -0.05) is 0 Å². The average Bonchev–Trinajstić information content (AvgIpc) is 2.21. The van der Waals surface area contributed by atoms with E-state index in [-0.39, 0.29) is 5.91 Å². The third kappa shape index (κ3) is 1.63. The molecule has 90 valence electrons. The van der Waals surface area contributed by atoms with E-state index >= 15 is 0 Å². The number of likely N-dealkylation sites (tertiary alicyclic amines) is 2. The molecule has 2 fully saturated rings. The highest BCUT2D eigenvalue weighted by Gasteiger charge is 2.51. The van der Waals surface area contributed by atoms with Gasteiger partial charge in [0.25, 0.3) is 5.91 Å². The molecule has 0 atom stereocenters. The highest BCUT2D eigenvalue weighted by molar-refractivity contribution is 5.95. The van der Waals surface area contributed by atoms with Crippen molar-refractivity contribution in [2.45, 2.75) is 6.92 Å². The first-order valence-electron chi connectivity index (χ1n) is 5.98. The first-order chi connectivity index (χ1) is 8.10. The zero-order chi connectivity index (χ0) is 12.0. The molecule has 1 spiro atoms. The van der Waals surface area contributed by atoms with Crippen LogP contribution in [0.1, 0.15) is 15.9 Å². The van der Waals surface area contributed by atoms with Crippen LogP contribution in [0.2, 0.25) is 0 Å². The summed E-state index contributed by atoms with van der Waals surface area (Å²) in [7, 11) is 2.13. The number of aromatic nitrogens is 1. The van der Waals surface area contributed by atoms with Crippen molar-refractivity contribution in [2.75, 3.05) is 33.2 Å². The normalized spacial score (nSPS) is 22.1. The number of amides is 1. The molecule has 0 N–H and O–H groups in total. The van der Waals surface area contributed by atoms with Crippen LogP contribution in [0.3, 0.4) is 0 Å². The lowest BCUT2D eigenvalue weighted by Crippen LogP contribution is -2.72. The molecule has 3 heterocycles. The summed E-state index contributed by atoms with van der Waals surface area (Å²) in [6.07, 6.45) is 3.40.